The van der Waals surface area contributed by atoms with E-state index in [0.29, 0.717) is 0 Å². The minimum absolute atomic E-state index is 0.0719. The standard InChI is InChI=1S/C56H47N/c1-54(2,3)42-18-22-43(23-19-42)57(44-20-16-38-28-48-46-26-34-12-8-10-14-36(34)30-50(46)55(4,5)52(48)32-40(38)24-44)45-21-17-39-29-49-47-27-35-13-9-11-15-37(35)31-51(47)56(6,7)53(49)33-41(39)25-45/h8-33H,1-7H3. The molecule has 0 N–H and O–H groups in total. The minimum atomic E-state index is -0.0971. The molecule has 276 valence electrons. The first kappa shape index (κ1) is 34.1. The highest BCUT2D eigenvalue weighted by Gasteiger charge is 2.37. The van der Waals surface area contributed by atoms with Crippen molar-refractivity contribution in [2.75, 3.05) is 4.90 Å². The Bertz CT molecular complexity index is 2960. The Morgan fingerprint density at radius 1 is 0.333 bits per heavy atom. The Labute approximate surface area is 336 Å². The molecule has 2 aliphatic rings. The quantitative estimate of drug-likeness (QED) is 0.175. The third kappa shape index (κ3) is 5.08. The first-order chi connectivity index (χ1) is 27.3. The van der Waals surface area contributed by atoms with Crippen LogP contribution in [0.2, 0.25) is 0 Å². The SMILES string of the molecule is CC(C)(C)c1ccc(N(c2ccc3cc4c(cc3c2)C(C)(C)c2cc3ccccc3cc2-4)c2ccc3cc4c(cc3c2)C(C)(C)c2cc3ccccc3cc2-4)cc1. The molecular formula is C56H47N. The van der Waals surface area contributed by atoms with E-state index < -0.39 is 0 Å². The van der Waals surface area contributed by atoms with Crippen molar-refractivity contribution in [1.29, 1.82) is 0 Å². The van der Waals surface area contributed by atoms with Crippen LogP contribution in [0.1, 0.15) is 76.3 Å². The van der Waals surface area contributed by atoms with E-state index >= 15 is 0 Å². The second-order valence-electron chi connectivity index (χ2n) is 18.7. The maximum Gasteiger partial charge on any atom is 0.0468 e. The summed E-state index contributed by atoms with van der Waals surface area (Å²) in [6.45, 7) is 16.4. The summed E-state index contributed by atoms with van der Waals surface area (Å²) in [6, 6.07) is 60.2. The van der Waals surface area contributed by atoms with Gasteiger partial charge in [-0.05, 0) is 184 Å². The van der Waals surface area contributed by atoms with Crippen LogP contribution in [0.5, 0.6) is 0 Å². The highest BCUT2D eigenvalue weighted by Crippen LogP contribution is 2.53. The Morgan fingerprint density at radius 3 is 1.02 bits per heavy atom. The second-order valence-corrected chi connectivity index (χ2v) is 18.7. The summed E-state index contributed by atoms with van der Waals surface area (Å²) >= 11 is 0. The molecule has 9 aromatic rings. The lowest BCUT2D eigenvalue weighted by atomic mass is 9.81. The molecular weight excluding hydrogens is 687 g/mol. The van der Waals surface area contributed by atoms with Gasteiger partial charge in [0.15, 0.2) is 0 Å². The first-order valence-corrected chi connectivity index (χ1v) is 20.5. The van der Waals surface area contributed by atoms with Crippen molar-refractivity contribution in [3.8, 4) is 22.3 Å². The van der Waals surface area contributed by atoms with E-state index in [9.17, 15) is 0 Å². The largest absolute Gasteiger partial charge is 0.310 e. The summed E-state index contributed by atoms with van der Waals surface area (Å²) in [5.74, 6) is 0. The van der Waals surface area contributed by atoms with Gasteiger partial charge in [0.1, 0.15) is 0 Å². The van der Waals surface area contributed by atoms with Crippen molar-refractivity contribution in [2.24, 2.45) is 0 Å². The fourth-order valence-corrected chi connectivity index (χ4v) is 10.1. The summed E-state index contributed by atoms with van der Waals surface area (Å²) in [4.78, 5) is 2.45. The number of benzene rings is 9. The van der Waals surface area contributed by atoms with Gasteiger partial charge in [0.25, 0.3) is 0 Å². The summed E-state index contributed by atoms with van der Waals surface area (Å²) in [6.07, 6.45) is 0. The lowest BCUT2D eigenvalue weighted by Crippen LogP contribution is -2.15. The Balaban J connectivity index is 1.06. The van der Waals surface area contributed by atoms with Gasteiger partial charge in [-0.3, -0.25) is 0 Å². The molecule has 1 nitrogen and oxygen atoms in total. The van der Waals surface area contributed by atoms with Gasteiger partial charge in [0, 0.05) is 27.9 Å². The maximum atomic E-state index is 2.46. The van der Waals surface area contributed by atoms with Crippen LogP contribution >= 0.6 is 0 Å². The van der Waals surface area contributed by atoms with Gasteiger partial charge >= 0.3 is 0 Å². The minimum Gasteiger partial charge on any atom is -0.310 e. The molecule has 11 rings (SSSR count). The average Bonchev–Trinajstić information content (AvgIpc) is 3.54. The van der Waals surface area contributed by atoms with Gasteiger partial charge in [-0.15, -0.1) is 0 Å². The summed E-state index contributed by atoms with van der Waals surface area (Å²) in [7, 11) is 0. The normalized spacial score (nSPS) is 14.9. The molecule has 9 aromatic carbocycles. The van der Waals surface area contributed by atoms with Gasteiger partial charge < -0.3 is 4.90 Å². The zero-order valence-corrected chi connectivity index (χ0v) is 34.0. The number of hydrogen-bond acceptors (Lipinski definition) is 1. The van der Waals surface area contributed by atoms with Crippen LogP contribution in [0.25, 0.3) is 65.3 Å². The van der Waals surface area contributed by atoms with E-state index in [2.05, 4.69) is 211 Å². The zero-order valence-electron chi connectivity index (χ0n) is 34.0. The highest BCUT2D eigenvalue weighted by molar-refractivity contribution is 6.02. The summed E-state index contributed by atoms with van der Waals surface area (Å²) in [5, 5.41) is 10.3. The fraction of sp³-hybridized carbons (Fsp3) is 0.179. The van der Waals surface area contributed by atoms with Crippen molar-refractivity contribution < 1.29 is 0 Å². The van der Waals surface area contributed by atoms with Crippen molar-refractivity contribution in [3.63, 3.8) is 0 Å². The molecule has 0 fully saturated rings. The molecule has 0 aliphatic heterocycles. The third-order valence-electron chi connectivity index (χ3n) is 13.5. The lowest BCUT2D eigenvalue weighted by Gasteiger charge is -2.28. The Kier molecular flexibility index (Phi) is 6.99. The molecule has 0 atom stereocenters. The Morgan fingerprint density at radius 2 is 0.649 bits per heavy atom. The van der Waals surface area contributed by atoms with Crippen LogP contribution in [0.4, 0.5) is 17.1 Å². The van der Waals surface area contributed by atoms with Crippen LogP contribution in [0.15, 0.2) is 158 Å². The topological polar surface area (TPSA) is 3.24 Å². The number of anilines is 3. The van der Waals surface area contributed by atoms with Gasteiger partial charge in [-0.1, -0.05) is 121 Å². The third-order valence-corrected chi connectivity index (χ3v) is 13.5. The van der Waals surface area contributed by atoms with E-state index in [1.54, 1.807) is 0 Å². The molecule has 0 unspecified atom stereocenters. The monoisotopic (exact) mass is 733 g/mol. The van der Waals surface area contributed by atoms with Gasteiger partial charge in [-0.2, -0.15) is 0 Å². The first-order valence-electron chi connectivity index (χ1n) is 20.5. The molecule has 1 heteroatoms. The predicted molar refractivity (Wildman–Crippen MR) is 245 cm³/mol. The lowest BCUT2D eigenvalue weighted by molar-refractivity contribution is 0.590. The molecule has 0 bridgehead atoms. The van der Waals surface area contributed by atoms with E-state index in [1.165, 1.54) is 93.2 Å². The smallest absolute Gasteiger partial charge is 0.0468 e. The maximum absolute atomic E-state index is 2.46. The molecule has 0 aromatic heterocycles. The number of rotatable bonds is 3. The molecule has 0 amide bonds. The van der Waals surface area contributed by atoms with Crippen LogP contribution in [-0.2, 0) is 16.2 Å². The van der Waals surface area contributed by atoms with Crippen LogP contribution in [0.3, 0.4) is 0 Å². The predicted octanol–water partition coefficient (Wildman–Crippen LogP) is 15.7. The Hall–Kier alpha value is -6.18. The molecule has 0 heterocycles. The van der Waals surface area contributed by atoms with E-state index in [1.807, 2.05) is 0 Å². The van der Waals surface area contributed by atoms with Crippen molar-refractivity contribution >= 4 is 60.2 Å². The van der Waals surface area contributed by atoms with Gasteiger partial charge in [0.2, 0.25) is 0 Å². The molecule has 0 radical (unpaired) electrons. The van der Waals surface area contributed by atoms with Crippen LogP contribution in [0, 0.1) is 0 Å². The van der Waals surface area contributed by atoms with Crippen molar-refractivity contribution in [3.05, 3.63) is 186 Å². The second kappa shape index (κ2) is 11.7. The molecule has 0 saturated heterocycles. The molecule has 0 saturated carbocycles. The van der Waals surface area contributed by atoms with Crippen LogP contribution in [-0.4, -0.2) is 0 Å². The molecule has 2 aliphatic carbocycles. The van der Waals surface area contributed by atoms with Gasteiger partial charge in [-0.25, -0.2) is 0 Å². The number of hydrogen-bond donors (Lipinski definition) is 0. The van der Waals surface area contributed by atoms with E-state index in [0.717, 1.165) is 17.1 Å². The molecule has 0 spiro atoms. The van der Waals surface area contributed by atoms with Crippen LogP contribution < -0.4 is 4.90 Å². The highest BCUT2D eigenvalue weighted by atomic mass is 15.1. The van der Waals surface area contributed by atoms with E-state index in [-0.39, 0.29) is 16.2 Å². The number of nitrogens with zero attached hydrogens (tertiary/aromatic N) is 1. The molecule has 57 heavy (non-hydrogen) atoms. The number of fused-ring (bicyclic) bond motifs is 10. The van der Waals surface area contributed by atoms with E-state index in [4.69, 9.17) is 0 Å². The van der Waals surface area contributed by atoms with Crippen molar-refractivity contribution in [1.82, 2.24) is 0 Å². The summed E-state index contributed by atoms with van der Waals surface area (Å²) in [5.41, 5.74) is 15.7. The van der Waals surface area contributed by atoms with Crippen molar-refractivity contribution in [2.45, 2.75) is 64.7 Å². The van der Waals surface area contributed by atoms with Gasteiger partial charge in [0.05, 0.1) is 0 Å². The average molecular weight is 734 g/mol. The zero-order chi connectivity index (χ0) is 39.0. The fourth-order valence-electron chi connectivity index (χ4n) is 10.1. The summed E-state index contributed by atoms with van der Waals surface area (Å²) < 4.78 is 0.